The van der Waals surface area contributed by atoms with Crippen LogP contribution in [0.15, 0.2) is 0 Å². The third-order valence-corrected chi connectivity index (χ3v) is 4.23. The average molecular weight is 278 g/mol. The SMILES string of the molecule is COC(=O)NS(=O)(=O)N(CC(=N)N)C1CCCC1. The van der Waals surface area contributed by atoms with Crippen molar-refractivity contribution < 1.29 is 17.9 Å². The van der Waals surface area contributed by atoms with E-state index in [0.717, 1.165) is 24.3 Å². The van der Waals surface area contributed by atoms with Crippen molar-refractivity contribution in [3.8, 4) is 0 Å². The van der Waals surface area contributed by atoms with Gasteiger partial charge in [-0.1, -0.05) is 12.8 Å². The fraction of sp³-hybridized carbons (Fsp3) is 0.778. The van der Waals surface area contributed by atoms with Crippen LogP contribution in [-0.4, -0.2) is 44.3 Å². The molecular formula is C9H18N4O4S. The third kappa shape index (κ3) is 3.84. The maximum absolute atomic E-state index is 12.0. The Balaban J connectivity index is 2.86. The van der Waals surface area contributed by atoms with Gasteiger partial charge in [0, 0.05) is 6.04 Å². The Morgan fingerprint density at radius 1 is 1.50 bits per heavy atom. The zero-order chi connectivity index (χ0) is 13.8. The van der Waals surface area contributed by atoms with Gasteiger partial charge < -0.3 is 10.5 Å². The minimum Gasteiger partial charge on any atom is -0.452 e. The molecule has 1 aliphatic rings. The second-order valence-electron chi connectivity index (χ2n) is 4.11. The highest BCUT2D eigenvalue weighted by molar-refractivity contribution is 7.87. The van der Waals surface area contributed by atoms with Crippen molar-refractivity contribution in [1.82, 2.24) is 9.03 Å². The lowest BCUT2D eigenvalue weighted by Gasteiger charge is -2.26. The van der Waals surface area contributed by atoms with Crippen LogP contribution in [-0.2, 0) is 14.9 Å². The maximum Gasteiger partial charge on any atom is 0.421 e. The molecule has 0 unspecified atom stereocenters. The summed E-state index contributed by atoms with van der Waals surface area (Å²) in [6.45, 7) is -0.225. The molecule has 1 aliphatic carbocycles. The molecule has 1 rings (SSSR count). The number of amides is 1. The van der Waals surface area contributed by atoms with E-state index < -0.39 is 16.3 Å². The molecule has 0 saturated heterocycles. The van der Waals surface area contributed by atoms with Crippen LogP contribution in [0, 0.1) is 5.41 Å². The standard InChI is InChI=1S/C9H18N4O4S/c1-17-9(14)12-18(15,16)13(6-8(10)11)7-4-2-3-5-7/h7H,2-6H2,1H3,(H3,10,11)(H,12,14). The van der Waals surface area contributed by atoms with Crippen LogP contribution in [0.25, 0.3) is 0 Å². The van der Waals surface area contributed by atoms with Gasteiger partial charge >= 0.3 is 16.3 Å². The highest BCUT2D eigenvalue weighted by Gasteiger charge is 2.33. The van der Waals surface area contributed by atoms with Gasteiger partial charge in [0.15, 0.2) is 0 Å². The number of nitrogens with zero attached hydrogens (tertiary/aromatic N) is 1. The molecule has 0 atom stereocenters. The second kappa shape index (κ2) is 6.01. The minimum absolute atomic E-state index is 0.225. The molecule has 9 heteroatoms. The molecule has 0 aromatic carbocycles. The van der Waals surface area contributed by atoms with Crippen LogP contribution >= 0.6 is 0 Å². The van der Waals surface area contributed by atoms with E-state index in [4.69, 9.17) is 11.1 Å². The minimum atomic E-state index is -4.02. The van der Waals surface area contributed by atoms with Crippen molar-refractivity contribution in [2.45, 2.75) is 31.7 Å². The molecule has 4 N–H and O–H groups in total. The van der Waals surface area contributed by atoms with Gasteiger partial charge in [0.25, 0.3) is 0 Å². The lowest BCUT2D eigenvalue weighted by molar-refractivity contribution is 0.176. The number of hydrogen-bond acceptors (Lipinski definition) is 5. The summed E-state index contributed by atoms with van der Waals surface area (Å²) in [7, 11) is -2.95. The summed E-state index contributed by atoms with van der Waals surface area (Å²) in [6, 6.07) is -0.226. The van der Waals surface area contributed by atoms with Crippen LogP contribution < -0.4 is 10.5 Å². The first-order valence-electron chi connectivity index (χ1n) is 5.57. The zero-order valence-corrected chi connectivity index (χ0v) is 11.0. The summed E-state index contributed by atoms with van der Waals surface area (Å²) in [5, 5.41) is 7.22. The molecule has 1 saturated carbocycles. The summed E-state index contributed by atoms with van der Waals surface area (Å²) in [5.41, 5.74) is 5.25. The third-order valence-electron chi connectivity index (χ3n) is 2.76. The molecular weight excluding hydrogens is 260 g/mol. The number of carbonyl (C=O) groups excluding carboxylic acids is 1. The van der Waals surface area contributed by atoms with Crippen LogP contribution in [0.2, 0.25) is 0 Å². The molecule has 8 nitrogen and oxygen atoms in total. The maximum atomic E-state index is 12.0. The van der Waals surface area contributed by atoms with Crippen molar-refractivity contribution >= 4 is 22.1 Å². The highest BCUT2D eigenvalue weighted by Crippen LogP contribution is 2.24. The lowest BCUT2D eigenvalue weighted by Crippen LogP contribution is -2.50. The van der Waals surface area contributed by atoms with Gasteiger partial charge in [0.1, 0.15) is 5.84 Å². The Morgan fingerprint density at radius 3 is 2.50 bits per heavy atom. The van der Waals surface area contributed by atoms with Crippen molar-refractivity contribution in [2.75, 3.05) is 13.7 Å². The van der Waals surface area contributed by atoms with Gasteiger partial charge in [-0.3, -0.25) is 5.41 Å². The van der Waals surface area contributed by atoms with Crippen molar-refractivity contribution in [1.29, 1.82) is 5.41 Å². The number of nitrogens with one attached hydrogen (secondary N) is 2. The first-order chi connectivity index (χ1) is 8.36. The number of ether oxygens (including phenoxy) is 1. The Labute approximate surface area is 106 Å². The van der Waals surface area contributed by atoms with E-state index >= 15 is 0 Å². The summed E-state index contributed by atoms with van der Waals surface area (Å²) >= 11 is 0. The Bertz CT molecular complexity index is 416. The van der Waals surface area contributed by atoms with E-state index in [1.807, 2.05) is 0 Å². The zero-order valence-electron chi connectivity index (χ0n) is 10.2. The Morgan fingerprint density at radius 2 is 2.06 bits per heavy atom. The number of hydrogen-bond donors (Lipinski definition) is 3. The van der Waals surface area contributed by atoms with Crippen LogP contribution in [0.5, 0.6) is 0 Å². The number of nitrogens with two attached hydrogens (primary N) is 1. The lowest BCUT2D eigenvalue weighted by atomic mass is 10.2. The van der Waals surface area contributed by atoms with Gasteiger partial charge in [0.2, 0.25) is 0 Å². The normalized spacial score (nSPS) is 16.8. The van der Waals surface area contributed by atoms with E-state index in [0.29, 0.717) is 12.8 Å². The molecule has 0 aliphatic heterocycles. The first-order valence-corrected chi connectivity index (χ1v) is 7.01. The molecule has 1 fully saturated rings. The van der Waals surface area contributed by atoms with Crippen LogP contribution in [0.4, 0.5) is 4.79 Å². The van der Waals surface area contributed by atoms with E-state index in [-0.39, 0.29) is 18.4 Å². The van der Waals surface area contributed by atoms with Gasteiger partial charge in [-0.05, 0) is 12.8 Å². The van der Waals surface area contributed by atoms with Crippen molar-refractivity contribution in [3.05, 3.63) is 0 Å². The summed E-state index contributed by atoms with van der Waals surface area (Å²) < 4.78 is 31.1. The summed E-state index contributed by atoms with van der Waals surface area (Å²) in [6.07, 6.45) is 2.20. The van der Waals surface area contributed by atoms with Gasteiger partial charge in [-0.15, -0.1) is 0 Å². The highest BCUT2D eigenvalue weighted by atomic mass is 32.2. The second-order valence-corrected chi connectivity index (χ2v) is 5.73. The van der Waals surface area contributed by atoms with E-state index in [2.05, 4.69) is 4.74 Å². The predicted molar refractivity (Wildman–Crippen MR) is 65.3 cm³/mol. The fourth-order valence-corrected chi connectivity index (χ4v) is 3.30. The number of carbonyl (C=O) groups is 1. The molecule has 0 aromatic heterocycles. The smallest absolute Gasteiger partial charge is 0.421 e. The van der Waals surface area contributed by atoms with Crippen LogP contribution in [0.3, 0.4) is 0 Å². The monoisotopic (exact) mass is 278 g/mol. The summed E-state index contributed by atoms with van der Waals surface area (Å²) in [5.74, 6) is -0.267. The van der Waals surface area contributed by atoms with Gasteiger partial charge in [-0.25, -0.2) is 9.52 Å². The number of amidine groups is 1. The summed E-state index contributed by atoms with van der Waals surface area (Å²) in [4.78, 5) is 11.0. The topological polar surface area (TPSA) is 126 Å². The fourth-order valence-electron chi connectivity index (χ4n) is 1.98. The Kier molecular flexibility index (Phi) is 4.91. The predicted octanol–water partition coefficient (Wildman–Crippen LogP) is -0.232. The molecule has 0 bridgehead atoms. The average Bonchev–Trinajstić information content (AvgIpc) is 2.77. The molecule has 0 aromatic rings. The quantitative estimate of drug-likeness (QED) is 0.473. The largest absolute Gasteiger partial charge is 0.452 e. The van der Waals surface area contributed by atoms with E-state index in [1.165, 1.54) is 0 Å². The number of rotatable bonds is 5. The number of methoxy groups -OCH3 is 1. The molecule has 0 spiro atoms. The Hall–Kier alpha value is -1.35. The first kappa shape index (κ1) is 14.7. The van der Waals surface area contributed by atoms with Gasteiger partial charge in [0.05, 0.1) is 13.7 Å². The molecule has 1 amide bonds. The molecule has 18 heavy (non-hydrogen) atoms. The van der Waals surface area contributed by atoms with Crippen LogP contribution in [0.1, 0.15) is 25.7 Å². The van der Waals surface area contributed by atoms with Crippen molar-refractivity contribution in [3.63, 3.8) is 0 Å². The molecule has 0 radical (unpaired) electrons. The van der Waals surface area contributed by atoms with E-state index in [9.17, 15) is 13.2 Å². The molecule has 104 valence electrons. The van der Waals surface area contributed by atoms with Crippen molar-refractivity contribution in [2.24, 2.45) is 5.73 Å². The van der Waals surface area contributed by atoms with E-state index in [1.54, 1.807) is 4.72 Å². The molecule has 0 heterocycles. The van der Waals surface area contributed by atoms with Gasteiger partial charge in [-0.2, -0.15) is 12.7 Å².